The van der Waals surface area contributed by atoms with E-state index in [9.17, 15) is 19.1 Å². The third-order valence-electron chi connectivity index (χ3n) is 4.09. The van der Waals surface area contributed by atoms with Gasteiger partial charge < -0.3 is 16.2 Å². The summed E-state index contributed by atoms with van der Waals surface area (Å²) < 4.78 is 13.1. The third kappa shape index (κ3) is 7.08. The molecule has 0 saturated carbocycles. The first kappa shape index (κ1) is 20.1. The molecule has 0 aliphatic heterocycles. The lowest BCUT2D eigenvalue weighted by Crippen LogP contribution is -2.31. The first-order valence-corrected chi connectivity index (χ1v) is 8.10. The molecule has 0 spiro atoms. The first-order chi connectivity index (χ1) is 11.3. The van der Waals surface area contributed by atoms with Crippen LogP contribution in [0.5, 0.6) is 0 Å². The summed E-state index contributed by atoms with van der Waals surface area (Å²) in [7, 11) is 1.54. The predicted octanol–water partition coefficient (Wildman–Crippen LogP) is 1.59. The SMILES string of the molecule is CNC(=O)[C@H](CCC(C)C(N)=O)C[C@@H](O)[CH]Cc1cccc(F)c1. The first-order valence-electron chi connectivity index (χ1n) is 8.10. The fourth-order valence-electron chi connectivity index (χ4n) is 2.48. The Bertz CT molecular complexity index is 551. The van der Waals surface area contributed by atoms with E-state index in [2.05, 4.69) is 5.32 Å². The zero-order valence-corrected chi connectivity index (χ0v) is 14.2. The quantitative estimate of drug-likeness (QED) is 0.605. The number of benzene rings is 1. The van der Waals surface area contributed by atoms with Gasteiger partial charge in [-0.15, -0.1) is 0 Å². The summed E-state index contributed by atoms with van der Waals surface area (Å²) in [6.45, 7) is 1.72. The molecule has 2 amide bonds. The molecule has 0 aromatic heterocycles. The van der Waals surface area contributed by atoms with Gasteiger partial charge in [0.25, 0.3) is 0 Å². The van der Waals surface area contributed by atoms with Crippen LogP contribution in [0.3, 0.4) is 0 Å². The summed E-state index contributed by atoms with van der Waals surface area (Å²) >= 11 is 0. The van der Waals surface area contributed by atoms with Crippen molar-refractivity contribution in [1.29, 1.82) is 0 Å². The summed E-state index contributed by atoms with van der Waals surface area (Å²) in [6, 6.07) is 6.16. The minimum atomic E-state index is -0.792. The highest BCUT2D eigenvalue weighted by atomic mass is 19.1. The Labute approximate surface area is 142 Å². The van der Waals surface area contributed by atoms with E-state index in [1.165, 1.54) is 19.2 Å². The normalized spacial score (nSPS) is 14.7. The summed E-state index contributed by atoms with van der Waals surface area (Å²) in [6.07, 6.45) is 2.48. The van der Waals surface area contributed by atoms with Crippen LogP contribution in [0.2, 0.25) is 0 Å². The van der Waals surface area contributed by atoms with Crippen LogP contribution in [0, 0.1) is 24.1 Å². The minimum Gasteiger partial charge on any atom is -0.393 e. The molecule has 0 aliphatic carbocycles. The summed E-state index contributed by atoms with van der Waals surface area (Å²) in [5.74, 6) is -1.62. The number of hydrogen-bond donors (Lipinski definition) is 3. The van der Waals surface area contributed by atoms with Crippen LogP contribution in [0.4, 0.5) is 4.39 Å². The number of primary amides is 1. The van der Waals surface area contributed by atoms with E-state index in [0.29, 0.717) is 19.3 Å². The molecule has 1 rings (SSSR count). The largest absolute Gasteiger partial charge is 0.393 e. The number of nitrogens with one attached hydrogen (secondary N) is 1. The second kappa shape index (κ2) is 10.0. The number of nitrogens with two attached hydrogens (primary N) is 1. The van der Waals surface area contributed by atoms with Gasteiger partial charge in [-0.2, -0.15) is 0 Å². The van der Waals surface area contributed by atoms with Gasteiger partial charge in [-0.25, -0.2) is 4.39 Å². The molecule has 0 heterocycles. The second-order valence-corrected chi connectivity index (χ2v) is 6.06. The highest BCUT2D eigenvalue weighted by molar-refractivity contribution is 5.79. The number of hydrogen-bond acceptors (Lipinski definition) is 3. The van der Waals surface area contributed by atoms with Gasteiger partial charge in [0, 0.05) is 18.9 Å². The Morgan fingerprint density at radius 1 is 1.38 bits per heavy atom. The van der Waals surface area contributed by atoms with E-state index in [1.54, 1.807) is 25.5 Å². The summed E-state index contributed by atoms with van der Waals surface area (Å²) in [5.41, 5.74) is 5.99. The maximum atomic E-state index is 13.1. The van der Waals surface area contributed by atoms with Crippen molar-refractivity contribution in [2.45, 2.75) is 38.7 Å². The molecule has 0 bridgehead atoms. The number of carbonyl (C=O) groups is 2. The zero-order valence-electron chi connectivity index (χ0n) is 14.2. The van der Waals surface area contributed by atoms with E-state index in [0.717, 1.165) is 5.56 Å². The fraction of sp³-hybridized carbons (Fsp3) is 0.500. The van der Waals surface area contributed by atoms with Crippen molar-refractivity contribution >= 4 is 11.8 Å². The van der Waals surface area contributed by atoms with Crippen molar-refractivity contribution in [3.05, 3.63) is 42.1 Å². The molecular weight excluding hydrogens is 311 g/mol. The van der Waals surface area contributed by atoms with Crippen molar-refractivity contribution in [1.82, 2.24) is 5.32 Å². The van der Waals surface area contributed by atoms with Crippen LogP contribution in [0.1, 0.15) is 31.7 Å². The van der Waals surface area contributed by atoms with Crippen molar-refractivity contribution in [3.63, 3.8) is 0 Å². The van der Waals surface area contributed by atoms with Crippen LogP contribution in [0.15, 0.2) is 24.3 Å². The van der Waals surface area contributed by atoms with Crippen LogP contribution >= 0.6 is 0 Å². The zero-order chi connectivity index (χ0) is 18.1. The van der Waals surface area contributed by atoms with Crippen LogP contribution in [0.25, 0.3) is 0 Å². The van der Waals surface area contributed by atoms with Crippen LogP contribution < -0.4 is 11.1 Å². The Balaban J connectivity index is 2.52. The van der Waals surface area contributed by atoms with Crippen LogP contribution in [-0.2, 0) is 16.0 Å². The van der Waals surface area contributed by atoms with Gasteiger partial charge in [-0.1, -0.05) is 19.1 Å². The van der Waals surface area contributed by atoms with E-state index < -0.39 is 17.9 Å². The van der Waals surface area contributed by atoms with E-state index in [4.69, 9.17) is 5.73 Å². The molecule has 133 valence electrons. The number of rotatable bonds is 10. The Morgan fingerprint density at radius 3 is 2.67 bits per heavy atom. The maximum Gasteiger partial charge on any atom is 0.222 e. The highest BCUT2D eigenvalue weighted by Gasteiger charge is 2.23. The molecule has 24 heavy (non-hydrogen) atoms. The fourth-order valence-corrected chi connectivity index (χ4v) is 2.48. The van der Waals surface area contributed by atoms with Gasteiger partial charge >= 0.3 is 0 Å². The van der Waals surface area contributed by atoms with E-state index in [-0.39, 0.29) is 24.1 Å². The smallest absolute Gasteiger partial charge is 0.222 e. The Kier molecular flexibility index (Phi) is 8.40. The van der Waals surface area contributed by atoms with Gasteiger partial charge in [0.05, 0.1) is 6.10 Å². The molecule has 1 aromatic carbocycles. The van der Waals surface area contributed by atoms with Crippen molar-refractivity contribution < 1.29 is 19.1 Å². The maximum absolute atomic E-state index is 13.1. The molecule has 5 nitrogen and oxygen atoms in total. The van der Waals surface area contributed by atoms with Crippen molar-refractivity contribution in [2.24, 2.45) is 17.6 Å². The van der Waals surface area contributed by atoms with E-state index >= 15 is 0 Å². The third-order valence-corrected chi connectivity index (χ3v) is 4.09. The summed E-state index contributed by atoms with van der Waals surface area (Å²) in [4.78, 5) is 23.0. The van der Waals surface area contributed by atoms with Gasteiger partial charge in [0.15, 0.2) is 0 Å². The topological polar surface area (TPSA) is 92.4 Å². The number of amides is 2. The minimum absolute atomic E-state index is 0.176. The van der Waals surface area contributed by atoms with Crippen molar-refractivity contribution in [3.8, 4) is 0 Å². The van der Waals surface area contributed by atoms with Crippen molar-refractivity contribution in [2.75, 3.05) is 7.05 Å². The summed E-state index contributed by atoms with van der Waals surface area (Å²) in [5, 5.41) is 12.7. The lowest BCUT2D eigenvalue weighted by Gasteiger charge is -2.20. The molecule has 0 fully saturated rings. The molecule has 0 saturated heterocycles. The monoisotopic (exact) mass is 337 g/mol. The lowest BCUT2D eigenvalue weighted by molar-refractivity contribution is -0.126. The molecule has 3 atom stereocenters. The molecule has 6 heteroatoms. The van der Waals surface area contributed by atoms with Crippen LogP contribution in [-0.4, -0.2) is 30.1 Å². The molecule has 1 radical (unpaired) electrons. The molecule has 4 N–H and O–H groups in total. The number of aliphatic hydroxyl groups excluding tert-OH is 1. The van der Waals surface area contributed by atoms with E-state index in [1.807, 2.05) is 0 Å². The molecule has 1 unspecified atom stereocenters. The number of halogens is 1. The molecular formula is C18H26FN2O3. The average molecular weight is 337 g/mol. The predicted molar refractivity (Wildman–Crippen MR) is 90.2 cm³/mol. The second-order valence-electron chi connectivity index (χ2n) is 6.06. The number of aliphatic hydroxyl groups is 1. The average Bonchev–Trinajstić information content (AvgIpc) is 2.55. The standard InChI is InChI=1S/C18H26FN2O3/c1-12(17(20)23)6-8-14(18(24)21-2)11-16(22)9-7-13-4-3-5-15(19)10-13/h3-5,9-10,12,14,16,22H,6-8,11H2,1-2H3,(H2,20,23)(H,21,24)/t12?,14-,16+/m1/s1. The molecule has 1 aromatic rings. The Hall–Kier alpha value is -1.95. The molecule has 0 aliphatic rings. The Morgan fingerprint density at radius 2 is 2.08 bits per heavy atom. The van der Waals surface area contributed by atoms with Gasteiger partial charge in [-0.05, 0) is 49.8 Å². The number of carbonyl (C=O) groups excluding carboxylic acids is 2. The highest BCUT2D eigenvalue weighted by Crippen LogP contribution is 2.20. The van der Waals surface area contributed by atoms with Gasteiger partial charge in [0.2, 0.25) is 11.8 Å². The van der Waals surface area contributed by atoms with Gasteiger partial charge in [0.1, 0.15) is 5.82 Å². The van der Waals surface area contributed by atoms with Gasteiger partial charge in [-0.3, -0.25) is 9.59 Å². The lowest BCUT2D eigenvalue weighted by atomic mass is 9.90.